The number of ether oxygens (including phenoxy) is 1. The number of aryl methyl sites for hydroxylation is 1. The molecular formula is C26H23FN2O4. The van der Waals surface area contributed by atoms with Gasteiger partial charge in [0.15, 0.2) is 0 Å². The molecule has 0 aliphatic carbocycles. The molecule has 1 saturated heterocycles. The van der Waals surface area contributed by atoms with E-state index < -0.39 is 23.5 Å². The Balaban J connectivity index is 1.84. The first-order valence-corrected chi connectivity index (χ1v) is 10.6. The maximum Gasteiger partial charge on any atom is 0.295 e. The number of hydrogen-bond acceptors (Lipinski definition) is 5. The number of benzene rings is 2. The third-order valence-corrected chi connectivity index (χ3v) is 5.55. The predicted molar refractivity (Wildman–Crippen MR) is 121 cm³/mol. The number of pyridine rings is 1. The zero-order chi connectivity index (χ0) is 23.5. The molecule has 1 aliphatic heterocycles. The van der Waals surface area contributed by atoms with Crippen molar-refractivity contribution in [1.29, 1.82) is 0 Å². The second-order valence-electron chi connectivity index (χ2n) is 7.75. The number of rotatable bonds is 6. The van der Waals surface area contributed by atoms with Crippen LogP contribution in [0.1, 0.15) is 35.2 Å². The summed E-state index contributed by atoms with van der Waals surface area (Å²) in [5.41, 5.74) is 2.37. The van der Waals surface area contributed by atoms with Crippen LogP contribution < -0.4 is 4.74 Å². The number of likely N-dealkylation sites (tertiary alicyclic amines) is 1. The summed E-state index contributed by atoms with van der Waals surface area (Å²) in [5, 5.41) is 11.2. The summed E-state index contributed by atoms with van der Waals surface area (Å²) >= 11 is 0. The summed E-state index contributed by atoms with van der Waals surface area (Å²) in [7, 11) is 0. The van der Waals surface area contributed by atoms with Crippen LogP contribution in [0.25, 0.3) is 5.76 Å². The van der Waals surface area contributed by atoms with Gasteiger partial charge in [-0.1, -0.05) is 18.2 Å². The molecule has 6 nitrogen and oxygen atoms in total. The number of Topliss-reactive ketones (excluding diaryl/α,β-unsaturated/α-hetero) is 1. The third-order valence-electron chi connectivity index (χ3n) is 5.55. The number of aliphatic hydroxyl groups is 1. The average Bonchev–Trinajstić information content (AvgIpc) is 3.06. The van der Waals surface area contributed by atoms with E-state index in [1.807, 2.05) is 13.8 Å². The van der Waals surface area contributed by atoms with Crippen molar-refractivity contribution < 1.29 is 23.8 Å². The second kappa shape index (κ2) is 9.24. The van der Waals surface area contributed by atoms with Gasteiger partial charge < -0.3 is 14.7 Å². The monoisotopic (exact) mass is 446 g/mol. The van der Waals surface area contributed by atoms with Crippen LogP contribution in [0.4, 0.5) is 4.39 Å². The fraction of sp³-hybridized carbons (Fsp3) is 0.192. The van der Waals surface area contributed by atoms with Gasteiger partial charge in [-0.15, -0.1) is 0 Å². The van der Waals surface area contributed by atoms with Gasteiger partial charge in [-0.05, 0) is 66.9 Å². The summed E-state index contributed by atoms with van der Waals surface area (Å²) in [5.74, 6) is -1.59. The van der Waals surface area contributed by atoms with Gasteiger partial charge in [-0.25, -0.2) is 4.39 Å². The van der Waals surface area contributed by atoms with E-state index in [9.17, 15) is 19.1 Å². The van der Waals surface area contributed by atoms with Crippen molar-refractivity contribution in [3.8, 4) is 5.75 Å². The number of halogens is 1. The molecule has 2 aromatic carbocycles. The lowest BCUT2D eigenvalue weighted by atomic mass is 9.94. The van der Waals surface area contributed by atoms with E-state index in [0.29, 0.717) is 23.5 Å². The lowest BCUT2D eigenvalue weighted by Crippen LogP contribution is -2.29. The molecule has 2 heterocycles. The molecule has 0 spiro atoms. The molecule has 0 saturated carbocycles. The largest absolute Gasteiger partial charge is 0.507 e. The van der Waals surface area contributed by atoms with E-state index >= 15 is 0 Å². The summed E-state index contributed by atoms with van der Waals surface area (Å²) < 4.78 is 19.2. The van der Waals surface area contributed by atoms with Crippen LogP contribution in [0, 0.1) is 12.7 Å². The highest BCUT2D eigenvalue weighted by atomic mass is 19.1. The van der Waals surface area contributed by atoms with E-state index in [1.165, 1.54) is 29.2 Å². The van der Waals surface area contributed by atoms with Gasteiger partial charge in [0, 0.05) is 24.5 Å². The Bertz CT molecular complexity index is 1220. The van der Waals surface area contributed by atoms with Crippen LogP contribution in [0.15, 0.2) is 72.6 Å². The molecular weight excluding hydrogens is 423 g/mol. The van der Waals surface area contributed by atoms with Crippen molar-refractivity contribution in [2.75, 3.05) is 6.61 Å². The van der Waals surface area contributed by atoms with Gasteiger partial charge in [0.1, 0.15) is 17.3 Å². The number of nitrogens with zero attached hydrogens (tertiary/aromatic N) is 2. The molecule has 1 fully saturated rings. The molecule has 4 rings (SSSR count). The van der Waals surface area contributed by atoms with Crippen LogP contribution in [0.3, 0.4) is 0 Å². The number of ketones is 1. The van der Waals surface area contributed by atoms with Crippen LogP contribution in [-0.2, 0) is 16.1 Å². The Kier molecular flexibility index (Phi) is 6.22. The summed E-state index contributed by atoms with van der Waals surface area (Å²) in [4.78, 5) is 31.6. The lowest BCUT2D eigenvalue weighted by Gasteiger charge is -2.25. The highest BCUT2D eigenvalue weighted by Gasteiger charge is 2.46. The van der Waals surface area contributed by atoms with Crippen LogP contribution in [-0.4, -0.2) is 33.3 Å². The minimum absolute atomic E-state index is 0.0425. The fourth-order valence-electron chi connectivity index (χ4n) is 3.99. The van der Waals surface area contributed by atoms with Gasteiger partial charge in [0.25, 0.3) is 11.7 Å². The highest BCUT2D eigenvalue weighted by molar-refractivity contribution is 6.46. The van der Waals surface area contributed by atoms with Crippen molar-refractivity contribution in [1.82, 2.24) is 9.88 Å². The molecule has 1 amide bonds. The third kappa shape index (κ3) is 4.35. The van der Waals surface area contributed by atoms with Crippen molar-refractivity contribution in [2.45, 2.75) is 26.4 Å². The molecule has 0 unspecified atom stereocenters. The van der Waals surface area contributed by atoms with Crippen LogP contribution in [0.2, 0.25) is 0 Å². The maximum absolute atomic E-state index is 13.6. The van der Waals surface area contributed by atoms with E-state index in [4.69, 9.17) is 4.74 Å². The molecule has 0 radical (unpaired) electrons. The van der Waals surface area contributed by atoms with Crippen molar-refractivity contribution in [2.24, 2.45) is 0 Å². The van der Waals surface area contributed by atoms with E-state index in [2.05, 4.69) is 4.98 Å². The van der Waals surface area contributed by atoms with E-state index in [0.717, 1.165) is 11.1 Å². The first-order valence-electron chi connectivity index (χ1n) is 10.6. The molecule has 1 atom stereocenters. The molecule has 3 aromatic rings. The Hall–Kier alpha value is -4.00. The van der Waals surface area contributed by atoms with E-state index in [-0.39, 0.29) is 17.9 Å². The maximum atomic E-state index is 13.6. The zero-order valence-corrected chi connectivity index (χ0v) is 18.3. The molecule has 168 valence electrons. The second-order valence-corrected chi connectivity index (χ2v) is 7.75. The normalized spacial score (nSPS) is 17.4. The van der Waals surface area contributed by atoms with Crippen molar-refractivity contribution in [3.05, 3.63) is 101 Å². The Morgan fingerprint density at radius 3 is 2.55 bits per heavy atom. The topological polar surface area (TPSA) is 79.7 Å². The molecule has 33 heavy (non-hydrogen) atoms. The average molecular weight is 446 g/mol. The summed E-state index contributed by atoms with van der Waals surface area (Å²) in [6.07, 6.45) is 3.22. The minimum atomic E-state index is -0.877. The van der Waals surface area contributed by atoms with Crippen LogP contribution in [0.5, 0.6) is 5.75 Å². The predicted octanol–water partition coefficient (Wildman–Crippen LogP) is 4.55. The fourth-order valence-corrected chi connectivity index (χ4v) is 3.99. The molecule has 1 aliphatic rings. The molecule has 7 heteroatoms. The summed E-state index contributed by atoms with van der Waals surface area (Å²) in [6, 6.07) is 13.3. The van der Waals surface area contributed by atoms with Crippen molar-refractivity contribution in [3.63, 3.8) is 0 Å². The standard InChI is InChI=1S/C26H23FN2O4/c1-3-33-21-11-8-19(13-16(21)2)24(30)22-23(18-6-9-20(27)10-7-18)29(26(32)25(22)31)15-17-5-4-12-28-14-17/h4-14,23,30H,3,15H2,1-2H3/t23-/m1/s1. The number of carbonyl (C=O) groups is 2. The summed E-state index contributed by atoms with van der Waals surface area (Å²) in [6.45, 7) is 4.32. The Morgan fingerprint density at radius 2 is 1.91 bits per heavy atom. The van der Waals surface area contributed by atoms with Crippen molar-refractivity contribution >= 4 is 17.4 Å². The minimum Gasteiger partial charge on any atom is -0.507 e. The van der Waals surface area contributed by atoms with E-state index in [1.54, 1.807) is 42.7 Å². The first-order chi connectivity index (χ1) is 15.9. The quantitative estimate of drug-likeness (QED) is 0.341. The van der Waals surface area contributed by atoms with Gasteiger partial charge in [0.2, 0.25) is 0 Å². The van der Waals surface area contributed by atoms with Gasteiger partial charge >= 0.3 is 0 Å². The van der Waals surface area contributed by atoms with Gasteiger partial charge in [-0.3, -0.25) is 14.6 Å². The van der Waals surface area contributed by atoms with Gasteiger partial charge in [0.05, 0.1) is 18.2 Å². The smallest absolute Gasteiger partial charge is 0.295 e. The zero-order valence-electron chi connectivity index (χ0n) is 18.3. The Labute approximate surface area is 191 Å². The number of hydrogen-bond donors (Lipinski definition) is 1. The highest BCUT2D eigenvalue weighted by Crippen LogP contribution is 2.40. The SMILES string of the molecule is CCOc1ccc(C(O)=C2C(=O)C(=O)N(Cc3cccnc3)[C@@H]2c2ccc(F)cc2)cc1C. The lowest BCUT2D eigenvalue weighted by molar-refractivity contribution is -0.140. The number of carbonyl (C=O) groups excluding carboxylic acids is 2. The van der Waals surface area contributed by atoms with Gasteiger partial charge in [-0.2, -0.15) is 0 Å². The molecule has 1 aromatic heterocycles. The number of aromatic nitrogens is 1. The molecule has 0 bridgehead atoms. The van der Waals surface area contributed by atoms with Crippen LogP contribution >= 0.6 is 0 Å². The Morgan fingerprint density at radius 1 is 1.15 bits per heavy atom. The number of aliphatic hydroxyl groups excluding tert-OH is 1. The molecule has 1 N–H and O–H groups in total. The number of amides is 1. The first kappa shape index (κ1) is 22.2.